The number of nitrogens with one attached hydrogen (secondary N) is 2. The van der Waals surface area contributed by atoms with Gasteiger partial charge in [-0.25, -0.2) is 0 Å². The van der Waals surface area contributed by atoms with Gasteiger partial charge in [0.2, 0.25) is 0 Å². The Hall–Kier alpha value is -0.530. The molecule has 5 nitrogen and oxygen atoms in total. The third kappa shape index (κ3) is 14.2. The van der Waals surface area contributed by atoms with Gasteiger partial charge in [0, 0.05) is 13.1 Å². The summed E-state index contributed by atoms with van der Waals surface area (Å²) < 4.78 is 5.23. The molecule has 0 saturated heterocycles. The number of unbranched alkanes of at least 4 members (excludes halogenated alkanes) is 2. The smallest absolute Gasteiger partial charge is 0.325 e. The van der Waals surface area contributed by atoms with Gasteiger partial charge in [-0.3, -0.25) is 9.79 Å². The molecule has 0 aromatic rings. The van der Waals surface area contributed by atoms with E-state index in [1.807, 2.05) is 20.8 Å². The van der Waals surface area contributed by atoms with Gasteiger partial charge in [0.25, 0.3) is 0 Å². The number of rotatable bonds is 7. The van der Waals surface area contributed by atoms with Crippen molar-refractivity contribution in [2.75, 3.05) is 13.6 Å². The number of ether oxygens (including phenoxy) is 1. The molecule has 0 spiro atoms. The Morgan fingerprint density at radius 2 is 1.90 bits per heavy atom. The second-order valence-corrected chi connectivity index (χ2v) is 6.05. The fraction of sp³-hybridized carbons (Fsp3) is 0.867. The summed E-state index contributed by atoms with van der Waals surface area (Å²) in [6.07, 6.45) is 4.77. The fourth-order valence-corrected chi connectivity index (χ4v) is 1.73. The van der Waals surface area contributed by atoms with Gasteiger partial charge in [-0.15, -0.1) is 24.0 Å². The summed E-state index contributed by atoms with van der Waals surface area (Å²) in [4.78, 5) is 15.7. The molecule has 21 heavy (non-hydrogen) atoms. The summed E-state index contributed by atoms with van der Waals surface area (Å²) in [7, 11) is 1.70. The van der Waals surface area contributed by atoms with E-state index < -0.39 is 5.60 Å². The van der Waals surface area contributed by atoms with E-state index in [1.165, 1.54) is 19.3 Å². The van der Waals surface area contributed by atoms with Crippen molar-refractivity contribution in [3.05, 3.63) is 0 Å². The molecular weight excluding hydrogens is 381 g/mol. The zero-order chi connectivity index (χ0) is 15.6. The topological polar surface area (TPSA) is 62.7 Å². The van der Waals surface area contributed by atoms with Crippen LogP contribution in [-0.2, 0) is 9.53 Å². The maximum atomic E-state index is 11.6. The normalized spacial score (nSPS) is 13.1. The molecule has 0 aromatic heterocycles. The largest absolute Gasteiger partial charge is 0.459 e. The number of carbonyl (C=O) groups is 1. The van der Waals surface area contributed by atoms with Crippen molar-refractivity contribution >= 4 is 35.9 Å². The summed E-state index contributed by atoms with van der Waals surface area (Å²) in [6.45, 7) is 10.0. The summed E-state index contributed by atoms with van der Waals surface area (Å²) in [5, 5.41) is 6.25. The van der Waals surface area contributed by atoms with Gasteiger partial charge in [-0.05, 0) is 34.1 Å². The van der Waals surface area contributed by atoms with Crippen LogP contribution in [0.25, 0.3) is 0 Å². The van der Waals surface area contributed by atoms with Crippen molar-refractivity contribution < 1.29 is 9.53 Å². The maximum absolute atomic E-state index is 11.6. The molecule has 0 rings (SSSR count). The molecular formula is C15H32IN3O2. The number of guanidine groups is 1. The van der Waals surface area contributed by atoms with Crippen LogP contribution in [0.3, 0.4) is 0 Å². The lowest BCUT2D eigenvalue weighted by Gasteiger charge is -2.21. The minimum atomic E-state index is -0.455. The molecule has 6 heteroatoms. The lowest BCUT2D eigenvalue weighted by atomic mass is 10.1. The number of hydrogen-bond donors (Lipinski definition) is 2. The number of nitrogens with zero attached hydrogens (tertiary/aromatic N) is 1. The highest BCUT2D eigenvalue weighted by Gasteiger charge is 2.16. The first kappa shape index (κ1) is 22.7. The third-order valence-corrected chi connectivity index (χ3v) is 2.67. The molecule has 2 N–H and O–H groups in total. The molecule has 1 atom stereocenters. The number of carbonyl (C=O) groups excluding carboxylic acids is 1. The molecule has 1 unspecified atom stereocenters. The SMILES string of the molecule is CCCCCC(C)NC(=NC)NCC(=O)OC(C)(C)C.I. The molecule has 0 amide bonds. The van der Waals surface area contributed by atoms with Gasteiger partial charge in [-0.1, -0.05) is 26.2 Å². The lowest BCUT2D eigenvalue weighted by molar-refractivity contribution is -0.153. The highest BCUT2D eigenvalue weighted by molar-refractivity contribution is 14.0. The molecule has 0 aliphatic rings. The van der Waals surface area contributed by atoms with E-state index in [-0.39, 0.29) is 36.5 Å². The van der Waals surface area contributed by atoms with E-state index >= 15 is 0 Å². The molecule has 0 saturated carbocycles. The second-order valence-electron chi connectivity index (χ2n) is 6.05. The molecule has 0 aliphatic carbocycles. The van der Waals surface area contributed by atoms with E-state index in [1.54, 1.807) is 7.05 Å². The van der Waals surface area contributed by atoms with Crippen molar-refractivity contribution in [3.8, 4) is 0 Å². The van der Waals surface area contributed by atoms with E-state index in [0.717, 1.165) is 6.42 Å². The van der Waals surface area contributed by atoms with Crippen molar-refractivity contribution in [3.63, 3.8) is 0 Å². The highest BCUT2D eigenvalue weighted by atomic mass is 127. The van der Waals surface area contributed by atoms with Crippen molar-refractivity contribution in [2.45, 2.75) is 71.9 Å². The van der Waals surface area contributed by atoms with Crippen LogP contribution in [0, 0.1) is 0 Å². The predicted molar refractivity (Wildman–Crippen MR) is 99.4 cm³/mol. The van der Waals surface area contributed by atoms with Crippen molar-refractivity contribution in [2.24, 2.45) is 4.99 Å². The highest BCUT2D eigenvalue weighted by Crippen LogP contribution is 2.06. The standard InChI is InChI=1S/C15H31N3O2.HI/c1-7-8-9-10-12(2)18-14(16-6)17-11-13(19)20-15(3,4)5;/h12H,7-11H2,1-6H3,(H2,16,17,18);1H. The Bertz CT molecular complexity index is 315. The molecule has 0 bridgehead atoms. The Morgan fingerprint density at radius 1 is 1.29 bits per heavy atom. The van der Waals surface area contributed by atoms with Gasteiger partial charge in [-0.2, -0.15) is 0 Å². The number of aliphatic imine (C=N–C) groups is 1. The number of esters is 1. The summed E-state index contributed by atoms with van der Waals surface area (Å²) >= 11 is 0. The average Bonchev–Trinajstić information content (AvgIpc) is 2.32. The van der Waals surface area contributed by atoms with Crippen LogP contribution in [0.2, 0.25) is 0 Å². The molecule has 0 aromatic carbocycles. The van der Waals surface area contributed by atoms with Gasteiger partial charge in [0.15, 0.2) is 5.96 Å². The Kier molecular flexibility index (Phi) is 13.1. The van der Waals surface area contributed by atoms with Crippen molar-refractivity contribution in [1.29, 1.82) is 0 Å². The van der Waals surface area contributed by atoms with E-state index in [4.69, 9.17) is 4.74 Å². The Morgan fingerprint density at radius 3 is 2.38 bits per heavy atom. The second kappa shape index (κ2) is 12.1. The van der Waals surface area contributed by atoms with Crippen LogP contribution in [0.15, 0.2) is 4.99 Å². The molecule has 126 valence electrons. The monoisotopic (exact) mass is 413 g/mol. The maximum Gasteiger partial charge on any atom is 0.325 e. The van der Waals surface area contributed by atoms with E-state index in [0.29, 0.717) is 12.0 Å². The first-order valence-corrected chi connectivity index (χ1v) is 7.47. The minimum absolute atomic E-state index is 0. The van der Waals surface area contributed by atoms with Crippen LogP contribution in [-0.4, -0.2) is 37.2 Å². The van der Waals surface area contributed by atoms with Crippen LogP contribution in [0.4, 0.5) is 0 Å². The number of halogens is 1. The van der Waals surface area contributed by atoms with E-state index in [9.17, 15) is 4.79 Å². The molecule has 0 heterocycles. The average molecular weight is 413 g/mol. The summed E-state index contributed by atoms with van der Waals surface area (Å²) in [5.41, 5.74) is -0.455. The first-order valence-electron chi connectivity index (χ1n) is 7.47. The van der Waals surface area contributed by atoms with Crippen LogP contribution < -0.4 is 10.6 Å². The van der Waals surface area contributed by atoms with Gasteiger partial charge >= 0.3 is 5.97 Å². The van der Waals surface area contributed by atoms with E-state index in [2.05, 4.69) is 29.5 Å². The number of hydrogen-bond acceptors (Lipinski definition) is 3. The fourth-order valence-electron chi connectivity index (χ4n) is 1.73. The lowest BCUT2D eigenvalue weighted by Crippen LogP contribution is -2.45. The summed E-state index contributed by atoms with van der Waals surface area (Å²) in [6, 6.07) is 0.339. The van der Waals surface area contributed by atoms with Gasteiger partial charge in [0.1, 0.15) is 12.1 Å². The zero-order valence-corrected chi connectivity index (χ0v) is 16.6. The molecule has 0 radical (unpaired) electrons. The van der Waals surface area contributed by atoms with Crippen molar-refractivity contribution in [1.82, 2.24) is 10.6 Å². The van der Waals surface area contributed by atoms with Crippen LogP contribution >= 0.6 is 24.0 Å². The van der Waals surface area contributed by atoms with Crippen LogP contribution in [0.1, 0.15) is 60.3 Å². The van der Waals surface area contributed by atoms with Gasteiger partial charge in [0.05, 0.1) is 0 Å². The minimum Gasteiger partial charge on any atom is -0.459 e. The quantitative estimate of drug-likeness (QED) is 0.221. The first-order chi connectivity index (χ1) is 9.28. The predicted octanol–water partition coefficient (Wildman–Crippen LogP) is 3.08. The Labute approximate surface area is 146 Å². The summed E-state index contributed by atoms with van der Waals surface area (Å²) in [5.74, 6) is 0.360. The van der Waals surface area contributed by atoms with Crippen LogP contribution in [0.5, 0.6) is 0 Å². The zero-order valence-electron chi connectivity index (χ0n) is 14.3. The Balaban J connectivity index is 0. The third-order valence-electron chi connectivity index (χ3n) is 2.67. The molecule has 0 fully saturated rings. The molecule has 0 aliphatic heterocycles. The van der Waals surface area contributed by atoms with Gasteiger partial charge < -0.3 is 15.4 Å².